The number of pyridine rings is 1. The van der Waals surface area contributed by atoms with Crippen molar-refractivity contribution in [3.63, 3.8) is 0 Å². The van der Waals surface area contributed by atoms with Gasteiger partial charge in [-0.3, -0.25) is 4.98 Å². The Kier molecular flexibility index (Phi) is 8.92. The van der Waals surface area contributed by atoms with Crippen molar-refractivity contribution in [3.05, 3.63) is 41.4 Å². The summed E-state index contributed by atoms with van der Waals surface area (Å²) in [5, 5.41) is 5.75. The summed E-state index contributed by atoms with van der Waals surface area (Å²) in [6.07, 6.45) is 18.0. The minimum absolute atomic E-state index is 0.795. The quantitative estimate of drug-likeness (QED) is 0.366. The zero-order chi connectivity index (χ0) is 19.6. The first-order valence-electron chi connectivity index (χ1n) is 11.4. The molecule has 0 atom stereocenters. The maximum Gasteiger partial charge on any atom is 0.0727 e. The van der Waals surface area contributed by atoms with Crippen molar-refractivity contribution in [3.8, 4) is 0 Å². The molecule has 1 aliphatic carbocycles. The maximum atomic E-state index is 6.29. The van der Waals surface area contributed by atoms with Gasteiger partial charge in [0.05, 0.1) is 5.52 Å². The van der Waals surface area contributed by atoms with Gasteiger partial charge in [-0.05, 0) is 55.9 Å². The number of hydrogen-bond donors (Lipinski definition) is 1. The van der Waals surface area contributed by atoms with Crippen LogP contribution in [0.15, 0.2) is 18.2 Å². The van der Waals surface area contributed by atoms with Gasteiger partial charge < -0.3 is 5.32 Å². The van der Waals surface area contributed by atoms with E-state index < -0.39 is 0 Å². The highest BCUT2D eigenvalue weighted by molar-refractivity contribution is 6.31. The lowest BCUT2D eigenvalue weighted by Crippen LogP contribution is -2.12. The Balaban J connectivity index is 1.47. The first-order chi connectivity index (χ1) is 13.8. The molecular weight excluding hydrogens is 364 g/mol. The van der Waals surface area contributed by atoms with Gasteiger partial charge in [0.25, 0.3) is 0 Å². The molecule has 0 saturated carbocycles. The summed E-state index contributed by atoms with van der Waals surface area (Å²) >= 11 is 6.29. The highest BCUT2D eigenvalue weighted by Crippen LogP contribution is 2.34. The molecule has 3 heteroatoms. The molecule has 28 heavy (non-hydrogen) atoms. The van der Waals surface area contributed by atoms with Crippen molar-refractivity contribution >= 4 is 28.2 Å². The van der Waals surface area contributed by atoms with Gasteiger partial charge in [-0.2, -0.15) is 0 Å². The highest BCUT2D eigenvalue weighted by atomic mass is 35.5. The normalized spacial score (nSPS) is 13.6. The average Bonchev–Trinajstić information content (AvgIpc) is 2.71. The summed E-state index contributed by atoms with van der Waals surface area (Å²) in [5.41, 5.74) is 5.10. The molecule has 1 heterocycles. The van der Waals surface area contributed by atoms with Crippen molar-refractivity contribution in [2.24, 2.45) is 0 Å². The van der Waals surface area contributed by atoms with Crippen LogP contribution >= 0.6 is 11.6 Å². The lowest BCUT2D eigenvalue weighted by atomic mass is 9.92. The standard InChI is InChI=1S/C25H36ClN2/c1-2-3-4-5-6-7-8-9-10-13-18-27-25-21-14-11-12-15-23(21)28-24-17-16-20(26)19-22(24)25/h16-17,19H,1-15,18H2,(H,27,28). The van der Waals surface area contributed by atoms with Crippen LogP contribution in [0.1, 0.15) is 88.3 Å². The van der Waals surface area contributed by atoms with E-state index in [0.29, 0.717) is 0 Å². The van der Waals surface area contributed by atoms with Crippen LogP contribution in [0.25, 0.3) is 10.9 Å². The number of rotatable bonds is 12. The van der Waals surface area contributed by atoms with Crippen molar-refractivity contribution in [1.82, 2.24) is 4.98 Å². The van der Waals surface area contributed by atoms with Gasteiger partial charge in [0, 0.05) is 28.3 Å². The second-order valence-electron chi connectivity index (χ2n) is 8.24. The highest BCUT2D eigenvalue weighted by Gasteiger charge is 2.18. The Morgan fingerprint density at radius 1 is 0.893 bits per heavy atom. The van der Waals surface area contributed by atoms with Gasteiger partial charge in [0.2, 0.25) is 0 Å². The van der Waals surface area contributed by atoms with E-state index in [2.05, 4.69) is 24.4 Å². The molecular formula is C25H36ClN2. The van der Waals surface area contributed by atoms with E-state index in [1.165, 1.54) is 93.0 Å². The molecule has 153 valence electrons. The summed E-state index contributed by atoms with van der Waals surface area (Å²) in [6.45, 7) is 4.96. The van der Waals surface area contributed by atoms with Gasteiger partial charge in [-0.1, -0.05) is 76.3 Å². The summed E-state index contributed by atoms with van der Waals surface area (Å²) in [5.74, 6) is 0. The summed E-state index contributed by atoms with van der Waals surface area (Å²) in [7, 11) is 0. The number of aromatic nitrogens is 1. The molecule has 2 nitrogen and oxygen atoms in total. The van der Waals surface area contributed by atoms with Crippen molar-refractivity contribution in [2.75, 3.05) is 11.9 Å². The van der Waals surface area contributed by atoms with E-state index in [0.717, 1.165) is 36.3 Å². The van der Waals surface area contributed by atoms with Crippen molar-refractivity contribution in [2.45, 2.75) is 89.9 Å². The molecule has 0 fully saturated rings. The number of anilines is 1. The molecule has 1 aliphatic rings. The molecule has 0 saturated heterocycles. The predicted molar refractivity (Wildman–Crippen MR) is 123 cm³/mol. The molecule has 3 rings (SSSR count). The summed E-state index contributed by atoms with van der Waals surface area (Å²) < 4.78 is 0. The Morgan fingerprint density at radius 3 is 2.32 bits per heavy atom. The largest absolute Gasteiger partial charge is 0.384 e. The zero-order valence-corrected chi connectivity index (χ0v) is 18.1. The van der Waals surface area contributed by atoms with Gasteiger partial charge in [-0.15, -0.1) is 0 Å². The van der Waals surface area contributed by atoms with Crippen LogP contribution in [0, 0.1) is 6.92 Å². The number of aryl methyl sites for hydroxylation is 1. The fourth-order valence-electron chi connectivity index (χ4n) is 4.35. The second kappa shape index (κ2) is 11.7. The SMILES string of the molecule is [CH2]CCCCCCCCCCCNc1c2c(nc3ccc(Cl)cc13)CCCC2. The summed E-state index contributed by atoms with van der Waals surface area (Å²) in [4.78, 5) is 4.92. The van der Waals surface area contributed by atoms with Gasteiger partial charge >= 0.3 is 0 Å². The molecule has 0 aliphatic heterocycles. The zero-order valence-electron chi connectivity index (χ0n) is 17.4. The monoisotopic (exact) mass is 399 g/mol. The van der Waals surface area contributed by atoms with Gasteiger partial charge in [-0.25, -0.2) is 0 Å². The lowest BCUT2D eigenvalue weighted by molar-refractivity contribution is 0.563. The minimum Gasteiger partial charge on any atom is -0.384 e. The number of hydrogen-bond acceptors (Lipinski definition) is 2. The van der Waals surface area contributed by atoms with Gasteiger partial charge in [0.15, 0.2) is 0 Å². The van der Waals surface area contributed by atoms with E-state index in [1.54, 1.807) is 0 Å². The number of fused-ring (bicyclic) bond motifs is 2. The fraction of sp³-hybridized carbons (Fsp3) is 0.600. The third-order valence-electron chi connectivity index (χ3n) is 5.95. The van der Waals surface area contributed by atoms with Crippen LogP contribution in [0.4, 0.5) is 5.69 Å². The van der Waals surface area contributed by atoms with Crippen LogP contribution in [0.2, 0.25) is 5.02 Å². The minimum atomic E-state index is 0.795. The molecule has 0 amide bonds. The summed E-state index contributed by atoms with van der Waals surface area (Å²) in [6, 6.07) is 6.10. The average molecular weight is 400 g/mol. The smallest absolute Gasteiger partial charge is 0.0727 e. The van der Waals surface area contributed by atoms with Crippen LogP contribution in [-0.2, 0) is 12.8 Å². The first kappa shape index (κ1) is 21.4. The van der Waals surface area contributed by atoms with Crippen LogP contribution in [0.5, 0.6) is 0 Å². The molecule has 1 aromatic heterocycles. The van der Waals surface area contributed by atoms with Crippen LogP contribution in [-0.4, -0.2) is 11.5 Å². The van der Waals surface area contributed by atoms with Crippen molar-refractivity contribution < 1.29 is 0 Å². The number of unbranched alkanes of at least 4 members (excludes halogenated alkanes) is 9. The lowest BCUT2D eigenvalue weighted by Gasteiger charge is -2.22. The Morgan fingerprint density at radius 2 is 1.57 bits per heavy atom. The predicted octanol–water partition coefficient (Wildman–Crippen LogP) is 7.91. The molecule has 1 aromatic carbocycles. The van der Waals surface area contributed by atoms with E-state index in [-0.39, 0.29) is 0 Å². The number of halogens is 1. The second-order valence-corrected chi connectivity index (χ2v) is 8.68. The Bertz CT molecular complexity index is 741. The van der Waals surface area contributed by atoms with E-state index in [4.69, 9.17) is 16.6 Å². The maximum absolute atomic E-state index is 6.29. The molecule has 2 aromatic rings. The first-order valence-corrected chi connectivity index (χ1v) is 11.8. The van der Waals surface area contributed by atoms with E-state index >= 15 is 0 Å². The van der Waals surface area contributed by atoms with E-state index in [9.17, 15) is 0 Å². The van der Waals surface area contributed by atoms with Crippen LogP contribution < -0.4 is 5.32 Å². The van der Waals surface area contributed by atoms with Crippen LogP contribution in [0.3, 0.4) is 0 Å². The van der Waals surface area contributed by atoms with Gasteiger partial charge in [0.1, 0.15) is 0 Å². The van der Waals surface area contributed by atoms with Crippen molar-refractivity contribution in [1.29, 1.82) is 0 Å². The third-order valence-corrected chi connectivity index (χ3v) is 6.19. The number of nitrogens with one attached hydrogen (secondary N) is 1. The third kappa shape index (κ3) is 6.11. The Labute approximate surface area is 176 Å². The molecule has 1 radical (unpaired) electrons. The Hall–Kier alpha value is -1.28. The topological polar surface area (TPSA) is 24.9 Å². The molecule has 0 spiro atoms. The molecule has 0 unspecified atom stereocenters. The number of benzene rings is 1. The van der Waals surface area contributed by atoms with E-state index in [1.807, 2.05) is 6.07 Å². The fourth-order valence-corrected chi connectivity index (χ4v) is 4.52. The molecule has 0 bridgehead atoms. The number of nitrogens with zero attached hydrogens (tertiary/aromatic N) is 1. The molecule has 1 N–H and O–H groups in total.